The fourth-order valence-electron chi connectivity index (χ4n) is 3.82. The average molecular weight is 560 g/mol. The number of ether oxygens (including phenoxy) is 2. The van der Waals surface area contributed by atoms with Crippen molar-refractivity contribution in [3.8, 4) is 0 Å². The number of aromatic nitrogens is 2. The summed E-state index contributed by atoms with van der Waals surface area (Å²) in [4.78, 5) is 48.8. The molecule has 5 N–H and O–H groups in total. The number of rotatable bonds is 9. The first kappa shape index (κ1) is 29.3. The molecule has 10 atom stereocenters. The molecule has 3 heterocycles. The Morgan fingerprint density at radius 1 is 1.19 bits per heavy atom. The van der Waals surface area contributed by atoms with Gasteiger partial charge in [-0.05, 0) is 27.4 Å². The third-order valence-corrected chi connectivity index (χ3v) is 8.14. The number of aliphatic hydroxyl groups excluding tert-OH is 3. The average Bonchev–Trinajstić information content (AvgIpc) is 3.02. The highest BCUT2D eigenvalue weighted by Crippen LogP contribution is 2.59. The molecule has 0 saturated carbocycles. The van der Waals surface area contributed by atoms with Crippen LogP contribution in [0.5, 0.6) is 0 Å². The van der Waals surface area contributed by atoms with E-state index in [0.717, 1.165) is 16.8 Å². The summed E-state index contributed by atoms with van der Waals surface area (Å²) in [6.07, 6.45) is -8.77. The van der Waals surface area contributed by atoms with Gasteiger partial charge in [-0.1, -0.05) is 0 Å². The van der Waals surface area contributed by atoms with Gasteiger partial charge in [-0.15, -0.1) is 0 Å². The highest BCUT2D eigenvalue weighted by molar-refractivity contribution is 7.60. The zero-order valence-corrected chi connectivity index (χ0v) is 21.1. The second-order valence-electron chi connectivity index (χ2n) is 8.53. The van der Waals surface area contributed by atoms with Crippen LogP contribution in [0.3, 0.4) is 0 Å². The molecule has 206 valence electrons. The highest BCUT2D eigenvalue weighted by Gasteiger charge is 2.46. The van der Waals surface area contributed by atoms with Gasteiger partial charge in [-0.2, -0.15) is 0 Å². The van der Waals surface area contributed by atoms with Crippen molar-refractivity contribution < 1.29 is 57.1 Å². The molecular formula is C17H28N3O14P2-. The van der Waals surface area contributed by atoms with Gasteiger partial charge in [0.15, 0.2) is 12.5 Å². The summed E-state index contributed by atoms with van der Waals surface area (Å²) in [6.45, 7) is 0.661. The van der Waals surface area contributed by atoms with Gasteiger partial charge >= 0.3 is 13.5 Å². The topological polar surface area (TPSA) is 242 Å². The van der Waals surface area contributed by atoms with Crippen LogP contribution >= 0.6 is 15.6 Å². The number of likely N-dealkylation sites (N-methyl/N-ethyl adjacent to an activating group) is 1. The van der Waals surface area contributed by atoms with E-state index in [0.29, 0.717) is 6.42 Å². The van der Waals surface area contributed by atoms with E-state index in [4.69, 9.17) is 9.47 Å². The van der Waals surface area contributed by atoms with Crippen molar-refractivity contribution in [2.45, 2.75) is 62.4 Å². The van der Waals surface area contributed by atoms with E-state index in [-0.39, 0.29) is 0 Å². The molecule has 0 spiro atoms. The van der Waals surface area contributed by atoms with Crippen LogP contribution in [-0.4, -0.2) is 98.2 Å². The number of aromatic amines is 1. The molecule has 5 unspecified atom stereocenters. The predicted molar refractivity (Wildman–Crippen MR) is 115 cm³/mol. The normalized spacial score (nSPS) is 36.5. The maximum Gasteiger partial charge on any atom is 0.478 e. The molecule has 1 aromatic heterocycles. The molecule has 0 amide bonds. The fraction of sp³-hybridized carbons (Fsp3) is 0.765. The predicted octanol–water partition coefficient (Wildman–Crippen LogP) is -2.80. The quantitative estimate of drug-likeness (QED) is 0.192. The Morgan fingerprint density at radius 2 is 1.86 bits per heavy atom. The number of nitrogens with one attached hydrogen (secondary N) is 1. The van der Waals surface area contributed by atoms with Crippen molar-refractivity contribution in [1.29, 1.82) is 0 Å². The van der Waals surface area contributed by atoms with Crippen LogP contribution in [-0.2, 0) is 32.0 Å². The van der Waals surface area contributed by atoms with Gasteiger partial charge in [0.1, 0.15) is 24.4 Å². The molecule has 0 aromatic carbocycles. The van der Waals surface area contributed by atoms with E-state index in [1.54, 1.807) is 25.9 Å². The second-order valence-corrected chi connectivity index (χ2v) is 11.5. The molecule has 2 aliphatic heterocycles. The third-order valence-electron chi connectivity index (χ3n) is 5.58. The first-order valence-electron chi connectivity index (χ1n) is 10.6. The Labute approximate surface area is 204 Å². The van der Waals surface area contributed by atoms with Crippen LogP contribution in [0, 0.1) is 0 Å². The van der Waals surface area contributed by atoms with Crippen LogP contribution in [0.1, 0.15) is 19.6 Å². The van der Waals surface area contributed by atoms with E-state index in [2.05, 4.69) is 13.4 Å². The van der Waals surface area contributed by atoms with E-state index in [1.807, 2.05) is 4.98 Å². The number of phosphoric acid groups is 2. The number of hydrogen-bond acceptors (Lipinski definition) is 14. The van der Waals surface area contributed by atoms with Crippen LogP contribution in [0.2, 0.25) is 0 Å². The first-order chi connectivity index (χ1) is 16.6. The molecule has 0 radical (unpaired) electrons. The minimum Gasteiger partial charge on any atom is -0.756 e. The van der Waals surface area contributed by atoms with Gasteiger partial charge in [-0.3, -0.25) is 28.0 Å². The van der Waals surface area contributed by atoms with Crippen molar-refractivity contribution in [3.05, 3.63) is 33.1 Å². The van der Waals surface area contributed by atoms with Crippen LogP contribution < -0.4 is 16.1 Å². The fourth-order valence-corrected chi connectivity index (χ4v) is 5.94. The summed E-state index contributed by atoms with van der Waals surface area (Å²) >= 11 is 0. The third kappa shape index (κ3) is 6.96. The maximum absolute atomic E-state index is 12.2. The zero-order chi connectivity index (χ0) is 27.0. The molecule has 0 aliphatic carbocycles. The monoisotopic (exact) mass is 560 g/mol. The molecule has 36 heavy (non-hydrogen) atoms. The summed E-state index contributed by atoms with van der Waals surface area (Å²) in [5.74, 6) is 0. The lowest BCUT2D eigenvalue weighted by atomic mass is 9.99. The summed E-state index contributed by atoms with van der Waals surface area (Å²) in [6, 6.07) is 0.426. The lowest BCUT2D eigenvalue weighted by molar-refractivity contribution is -0.270. The second kappa shape index (κ2) is 11.2. The summed E-state index contributed by atoms with van der Waals surface area (Å²) in [5.41, 5.74) is -1.68. The Hall–Kier alpha value is -1.30. The molecule has 1 aromatic rings. The summed E-state index contributed by atoms with van der Waals surface area (Å²) < 4.78 is 49.2. The lowest BCUT2D eigenvalue weighted by Gasteiger charge is -2.42. The molecule has 2 aliphatic rings. The van der Waals surface area contributed by atoms with E-state index in [9.17, 15) is 43.8 Å². The number of hydrogen-bond donors (Lipinski definition) is 5. The molecule has 2 saturated heterocycles. The van der Waals surface area contributed by atoms with Crippen LogP contribution in [0.25, 0.3) is 0 Å². The maximum atomic E-state index is 12.2. The van der Waals surface area contributed by atoms with Crippen LogP contribution in [0.15, 0.2) is 21.9 Å². The van der Waals surface area contributed by atoms with Crippen molar-refractivity contribution in [3.63, 3.8) is 0 Å². The van der Waals surface area contributed by atoms with Crippen molar-refractivity contribution >= 4 is 15.6 Å². The minimum atomic E-state index is -5.59. The minimum absolute atomic E-state index is 0.362. The van der Waals surface area contributed by atoms with Crippen molar-refractivity contribution in [1.82, 2.24) is 14.5 Å². The first-order valence-corrected chi connectivity index (χ1v) is 13.6. The molecule has 3 rings (SSSR count). The van der Waals surface area contributed by atoms with Gasteiger partial charge in [-0.25, -0.2) is 13.7 Å². The highest BCUT2D eigenvalue weighted by atomic mass is 31.3. The Balaban J connectivity index is 1.61. The van der Waals surface area contributed by atoms with Crippen molar-refractivity contribution in [2.24, 2.45) is 0 Å². The molecular weight excluding hydrogens is 532 g/mol. The van der Waals surface area contributed by atoms with E-state index < -0.39 is 82.6 Å². The zero-order valence-electron chi connectivity index (χ0n) is 19.3. The van der Waals surface area contributed by atoms with Gasteiger partial charge < -0.3 is 39.5 Å². The molecule has 17 nitrogen and oxygen atoms in total. The van der Waals surface area contributed by atoms with Crippen molar-refractivity contribution in [2.75, 3.05) is 20.7 Å². The van der Waals surface area contributed by atoms with E-state index in [1.165, 1.54) is 0 Å². The Kier molecular flexibility index (Phi) is 9.11. The Bertz CT molecular complexity index is 1130. The smallest absolute Gasteiger partial charge is 0.478 e. The number of H-pyrrole nitrogens is 1. The van der Waals surface area contributed by atoms with Gasteiger partial charge in [0.2, 0.25) is 0 Å². The number of aliphatic hydroxyl groups is 3. The SMILES string of the molecule is CC1C[C@H](N(C)C)C(O)[C@@H](OP(=O)([O-])OP(=O)(O)OC[C@H]2O[C@@H](n3ccc(=O)[nH]c3=O)C(O)[C@H]2O)O1. The summed E-state index contributed by atoms with van der Waals surface area (Å²) in [7, 11) is -7.67. The lowest BCUT2D eigenvalue weighted by Crippen LogP contribution is -2.54. The number of phosphoric ester groups is 2. The van der Waals surface area contributed by atoms with Gasteiger partial charge in [0, 0.05) is 18.3 Å². The van der Waals surface area contributed by atoms with Gasteiger partial charge in [0.05, 0.1) is 12.7 Å². The largest absolute Gasteiger partial charge is 0.756 e. The number of nitrogens with zero attached hydrogens (tertiary/aromatic N) is 2. The molecule has 0 bridgehead atoms. The summed E-state index contributed by atoms with van der Waals surface area (Å²) in [5, 5.41) is 30.7. The molecule has 19 heteroatoms. The van der Waals surface area contributed by atoms with Gasteiger partial charge in [0.25, 0.3) is 13.4 Å². The standard InChI is InChI=1S/C17H29N3O14P2/c1-8-6-9(19(2)3)12(22)16(31-8)33-36(28,29)34-35(26,27)30-7-10-13(23)14(24)15(32-10)20-5-4-11(21)18-17(20)25/h4-5,8-10,12-16,22-24H,6-7H2,1-3H3,(H,26,27)(H,28,29)(H,18,21,25)/p-1/t8?,9-,10+,12?,13-,14?,15+,16+/m0/s1. The van der Waals surface area contributed by atoms with Crippen LogP contribution in [0.4, 0.5) is 0 Å². The Morgan fingerprint density at radius 3 is 2.47 bits per heavy atom. The van der Waals surface area contributed by atoms with E-state index >= 15 is 0 Å². The molecule has 2 fully saturated rings.